The highest BCUT2D eigenvalue weighted by atomic mass is 16.3. The molecule has 0 amide bonds. The molecule has 3 aliphatic carbocycles. The van der Waals surface area contributed by atoms with Crippen molar-refractivity contribution in [3.63, 3.8) is 0 Å². The smallest absolute Gasteiger partial charge is 0.181 e. The van der Waals surface area contributed by atoms with Crippen LogP contribution in [0.25, 0.3) is 0 Å². The number of carbonyl (C=O) groups is 1. The second-order valence-corrected chi connectivity index (χ2v) is 7.80. The summed E-state index contributed by atoms with van der Waals surface area (Å²) in [5, 5.41) is 10.5. The Morgan fingerprint density at radius 2 is 2.17 bits per heavy atom. The second-order valence-electron chi connectivity index (χ2n) is 7.80. The Kier molecular flexibility index (Phi) is 4.46. The monoisotopic (exact) mass is 312 g/mol. The maximum atomic E-state index is 12.5. The van der Waals surface area contributed by atoms with Crippen LogP contribution in [0.5, 0.6) is 0 Å². The van der Waals surface area contributed by atoms with Gasteiger partial charge in [0.25, 0.3) is 0 Å². The summed E-state index contributed by atoms with van der Waals surface area (Å²) < 4.78 is 0. The van der Waals surface area contributed by atoms with Gasteiger partial charge in [0.2, 0.25) is 0 Å². The van der Waals surface area contributed by atoms with Crippen LogP contribution < -0.4 is 0 Å². The third kappa shape index (κ3) is 3.14. The Balaban J connectivity index is 1.83. The summed E-state index contributed by atoms with van der Waals surface area (Å²) in [7, 11) is 0. The SMILES string of the molecule is C=C(C)[C@H]1CC=C(C=C2C[C@@]3(C)C(=CC2=O)CCC[C@@H]3O)CC1. The van der Waals surface area contributed by atoms with Gasteiger partial charge in [0.1, 0.15) is 0 Å². The summed E-state index contributed by atoms with van der Waals surface area (Å²) in [4.78, 5) is 12.5. The number of hydrogen-bond donors (Lipinski definition) is 1. The largest absolute Gasteiger partial charge is 0.392 e. The van der Waals surface area contributed by atoms with Crippen molar-refractivity contribution in [1.82, 2.24) is 0 Å². The second kappa shape index (κ2) is 6.24. The Bertz CT molecular complexity index is 620. The van der Waals surface area contributed by atoms with E-state index in [9.17, 15) is 9.90 Å². The minimum atomic E-state index is -0.327. The third-order valence-corrected chi connectivity index (χ3v) is 6.07. The third-order valence-electron chi connectivity index (χ3n) is 6.07. The van der Waals surface area contributed by atoms with Crippen molar-refractivity contribution in [1.29, 1.82) is 0 Å². The summed E-state index contributed by atoms with van der Waals surface area (Å²) in [5.41, 5.74) is 4.31. The molecule has 0 heterocycles. The van der Waals surface area contributed by atoms with Crippen molar-refractivity contribution in [3.8, 4) is 0 Å². The molecule has 2 heteroatoms. The van der Waals surface area contributed by atoms with Gasteiger partial charge in [-0.3, -0.25) is 4.79 Å². The number of rotatable bonds is 2. The van der Waals surface area contributed by atoms with Crippen LogP contribution in [0, 0.1) is 11.3 Å². The van der Waals surface area contributed by atoms with Gasteiger partial charge in [0.15, 0.2) is 5.78 Å². The minimum absolute atomic E-state index is 0.148. The van der Waals surface area contributed by atoms with E-state index in [4.69, 9.17) is 0 Å². The average molecular weight is 312 g/mol. The molecule has 0 bridgehead atoms. The molecule has 0 aromatic rings. The predicted octanol–water partition coefficient (Wildman–Crippen LogP) is 4.67. The summed E-state index contributed by atoms with van der Waals surface area (Å²) in [5.74, 6) is 0.734. The maximum absolute atomic E-state index is 12.5. The van der Waals surface area contributed by atoms with E-state index in [1.54, 1.807) is 6.08 Å². The van der Waals surface area contributed by atoms with Crippen LogP contribution in [0.15, 0.2) is 47.1 Å². The Morgan fingerprint density at radius 1 is 1.39 bits per heavy atom. The quantitative estimate of drug-likeness (QED) is 0.594. The van der Waals surface area contributed by atoms with Crippen LogP contribution >= 0.6 is 0 Å². The van der Waals surface area contributed by atoms with E-state index < -0.39 is 0 Å². The van der Waals surface area contributed by atoms with E-state index in [0.29, 0.717) is 12.3 Å². The highest BCUT2D eigenvalue weighted by Crippen LogP contribution is 2.48. The molecule has 23 heavy (non-hydrogen) atoms. The molecule has 3 aliphatic rings. The molecular weight excluding hydrogens is 284 g/mol. The summed E-state index contributed by atoms with van der Waals surface area (Å²) in [6, 6.07) is 0. The standard InChI is InChI=1S/C21H28O2/c1-14(2)16-9-7-15(8-10-16)11-17-13-21(3)18(12-19(17)22)5-4-6-20(21)23/h7,11-12,16,20,23H,1,4-6,8-10,13H2,2-3H3/t16-,20-,21-/m0/s1. The fourth-order valence-electron chi connectivity index (χ4n) is 4.29. The molecule has 0 aromatic carbocycles. The zero-order valence-electron chi connectivity index (χ0n) is 14.4. The van der Waals surface area contributed by atoms with Crippen molar-refractivity contribution in [2.45, 2.75) is 64.9 Å². The fourth-order valence-corrected chi connectivity index (χ4v) is 4.29. The highest BCUT2D eigenvalue weighted by molar-refractivity contribution is 6.06. The number of aliphatic hydroxyl groups is 1. The Hall–Kier alpha value is -1.41. The first-order valence-electron chi connectivity index (χ1n) is 8.88. The molecule has 0 aliphatic heterocycles. The van der Waals surface area contributed by atoms with Crippen LogP contribution in [0.4, 0.5) is 0 Å². The number of carbonyl (C=O) groups excluding carboxylic acids is 1. The van der Waals surface area contributed by atoms with Crippen molar-refractivity contribution >= 4 is 5.78 Å². The van der Waals surface area contributed by atoms with Gasteiger partial charge in [0, 0.05) is 11.0 Å². The lowest BCUT2D eigenvalue weighted by Crippen LogP contribution is -2.41. The Labute approximate surface area is 139 Å². The molecule has 0 unspecified atom stereocenters. The lowest BCUT2D eigenvalue weighted by atomic mass is 9.63. The van der Waals surface area contributed by atoms with E-state index in [2.05, 4.69) is 32.6 Å². The topological polar surface area (TPSA) is 37.3 Å². The predicted molar refractivity (Wildman–Crippen MR) is 94.0 cm³/mol. The van der Waals surface area contributed by atoms with E-state index in [-0.39, 0.29) is 17.3 Å². The number of ketones is 1. The van der Waals surface area contributed by atoms with Crippen LogP contribution in [0.3, 0.4) is 0 Å². The average Bonchev–Trinajstić information content (AvgIpc) is 2.51. The van der Waals surface area contributed by atoms with Crippen molar-refractivity contribution in [3.05, 3.63) is 47.1 Å². The lowest BCUT2D eigenvalue weighted by molar-refractivity contribution is -0.112. The molecule has 0 radical (unpaired) electrons. The normalized spacial score (nSPS) is 36.3. The Morgan fingerprint density at radius 3 is 2.83 bits per heavy atom. The van der Waals surface area contributed by atoms with E-state index in [1.807, 2.05) is 0 Å². The van der Waals surface area contributed by atoms with Crippen LogP contribution in [0.2, 0.25) is 0 Å². The molecule has 1 saturated carbocycles. The molecule has 1 fully saturated rings. The minimum Gasteiger partial charge on any atom is -0.392 e. The van der Waals surface area contributed by atoms with Crippen LogP contribution in [-0.2, 0) is 4.79 Å². The maximum Gasteiger partial charge on any atom is 0.181 e. The molecule has 0 spiro atoms. The zero-order chi connectivity index (χ0) is 16.6. The van der Waals surface area contributed by atoms with Crippen molar-refractivity contribution < 1.29 is 9.90 Å². The summed E-state index contributed by atoms with van der Waals surface area (Å²) >= 11 is 0. The first-order chi connectivity index (χ1) is 10.9. The van der Waals surface area contributed by atoms with Crippen molar-refractivity contribution in [2.75, 3.05) is 0 Å². The molecular formula is C21H28O2. The molecule has 3 rings (SSSR count). The first-order valence-corrected chi connectivity index (χ1v) is 8.88. The number of hydrogen-bond acceptors (Lipinski definition) is 2. The number of allylic oxidation sites excluding steroid dienone is 6. The van der Waals surface area contributed by atoms with E-state index >= 15 is 0 Å². The van der Waals surface area contributed by atoms with Gasteiger partial charge in [-0.2, -0.15) is 0 Å². The van der Waals surface area contributed by atoms with E-state index in [1.165, 1.54) is 11.1 Å². The highest BCUT2D eigenvalue weighted by Gasteiger charge is 2.43. The summed E-state index contributed by atoms with van der Waals surface area (Å²) in [6.45, 7) is 8.28. The van der Waals surface area contributed by atoms with Crippen molar-refractivity contribution in [2.24, 2.45) is 11.3 Å². The van der Waals surface area contributed by atoms with Gasteiger partial charge in [-0.25, -0.2) is 0 Å². The molecule has 1 N–H and O–H groups in total. The van der Waals surface area contributed by atoms with Gasteiger partial charge < -0.3 is 5.11 Å². The molecule has 2 nitrogen and oxygen atoms in total. The first kappa shape index (κ1) is 16.4. The molecule has 3 atom stereocenters. The van der Waals surface area contributed by atoms with Crippen LogP contribution in [0.1, 0.15) is 58.8 Å². The van der Waals surface area contributed by atoms with Gasteiger partial charge in [-0.05, 0) is 63.9 Å². The van der Waals surface area contributed by atoms with E-state index in [0.717, 1.165) is 49.7 Å². The molecule has 124 valence electrons. The lowest BCUT2D eigenvalue weighted by Gasteiger charge is -2.43. The van der Waals surface area contributed by atoms with Gasteiger partial charge in [-0.15, -0.1) is 0 Å². The number of aliphatic hydroxyl groups excluding tert-OH is 1. The molecule has 0 aromatic heterocycles. The van der Waals surface area contributed by atoms with Gasteiger partial charge in [0.05, 0.1) is 6.10 Å². The summed E-state index contributed by atoms with van der Waals surface area (Å²) in [6.07, 6.45) is 12.5. The van der Waals surface area contributed by atoms with Crippen LogP contribution in [-0.4, -0.2) is 17.0 Å². The fraction of sp³-hybridized carbons (Fsp3) is 0.571. The molecule has 0 saturated heterocycles. The number of fused-ring (bicyclic) bond motifs is 1. The van der Waals surface area contributed by atoms with Gasteiger partial charge >= 0.3 is 0 Å². The van der Waals surface area contributed by atoms with Gasteiger partial charge in [-0.1, -0.05) is 42.4 Å². The zero-order valence-corrected chi connectivity index (χ0v) is 14.4.